The summed E-state index contributed by atoms with van der Waals surface area (Å²) in [6.45, 7) is 15.7. The summed E-state index contributed by atoms with van der Waals surface area (Å²) in [5.74, 6) is -5.45. The van der Waals surface area contributed by atoms with Gasteiger partial charge < -0.3 is 88.2 Å². The first-order valence-corrected chi connectivity index (χ1v) is 38.2. The number of alkyl halides is 1. The lowest BCUT2D eigenvalue weighted by molar-refractivity contribution is -0.248. The molecule has 2 aliphatic heterocycles. The number of azide groups is 2. The van der Waals surface area contributed by atoms with E-state index < -0.39 is 93.5 Å². The predicted octanol–water partition coefficient (Wildman–Crippen LogP) is 9.55. The van der Waals surface area contributed by atoms with Crippen LogP contribution in [0.15, 0.2) is 95.2 Å². The van der Waals surface area contributed by atoms with Crippen molar-refractivity contribution in [3.8, 4) is 34.5 Å². The van der Waals surface area contributed by atoms with Crippen LogP contribution in [0.1, 0.15) is 113 Å². The van der Waals surface area contributed by atoms with E-state index in [0.29, 0.717) is 89.8 Å². The Hall–Kier alpha value is -8.46. The Bertz CT molecular complexity index is 3590. The van der Waals surface area contributed by atoms with Gasteiger partial charge in [-0.3, -0.25) is 28.8 Å². The van der Waals surface area contributed by atoms with E-state index in [2.05, 4.69) is 36.0 Å². The number of ether oxygens (including phenoxy) is 14. The molecule has 4 aromatic rings. The van der Waals surface area contributed by atoms with Crippen LogP contribution in [0.3, 0.4) is 0 Å². The quantitative estimate of drug-likeness (QED) is 0.00628. The summed E-state index contributed by atoms with van der Waals surface area (Å²) in [7, 11) is -9.54. The molecular weight excluding hydrogens is 1530 g/mol. The molecule has 35 nitrogen and oxygen atoms in total. The lowest BCUT2D eigenvalue weighted by atomic mass is 9.84. The molecule has 1 N–H and O–H groups in total. The third kappa shape index (κ3) is 33.2. The highest BCUT2D eigenvalue weighted by molar-refractivity contribution is 9.08. The number of aliphatic hydroxyl groups excluding tert-OH is 1. The fraction of sp³-hybridized carbons (Fsp3) is 0.571. The lowest BCUT2D eigenvalue weighted by Gasteiger charge is -2.43. The van der Waals surface area contributed by atoms with Crippen LogP contribution in [0, 0.1) is 23.7 Å². The van der Waals surface area contributed by atoms with Crippen molar-refractivity contribution in [2.45, 2.75) is 130 Å². The molecular formula is C70H93BrN6O29S2. The maximum absolute atomic E-state index is 13.2. The zero-order valence-electron chi connectivity index (χ0n) is 61.2. The van der Waals surface area contributed by atoms with Gasteiger partial charge in [-0.05, 0) is 95.7 Å². The van der Waals surface area contributed by atoms with Crippen LogP contribution in [0.2, 0.25) is 0 Å². The highest BCUT2D eigenvalue weighted by Crippen LogP contribution is 2.41. The summed E-state index contributed by atoms with van der Waals surface area (Å²) in [4.78, 5) is 78.6. The zero-order chi connectivity index (χ0) is 79.0. The molecule has 6 rings (SSSR count). The second kappa shape index (κ2) is 48.1. The molecule has 0 amide bonds. The van der Waals surface area contributed by atoms with E-state index in [1.807, 2.05) is 13.8 Å². The van der Waals surface area contributed by atoms with E-state index in [4.69, 9.17) is 94.1 Å². The molecule has 10 atom stereocenters. The van der Waals surface area contributed by atoms with Gasteiger partial charge >= 0.3 is 44.7 Å². The van der Waals surface area contributed by atoms with Gasteiger partial charge in [-0.1, -0.05) is 78.1 Å². The molecule has 0 bridgehead atoms. The highest BCUT2D eigenvalue weighted by Gasteiger charge is 2.47. The van der Waals surface area contributed by atoms with Crippen molar-refractivity contribution in [2.75, 3.05) is 106 Å². The van der Waals surface area contributed by atoms with Crippen molar-refractivity contribution in [3.05, 3.63) is 128 Å². The second-order valence-electron chi connectivity index (χ2n) is 24.2. The SMILES string of the molecule is CC(=O)OC[C@H]1OC(Oc2ccc(C(=O)CCCOCCOCCOCCN=[N+]=[N-])cc2OS(=O)(=O)Oc2ccc(CBr)cc2)[C@H](C)[C@@H](C)[C@H]1OC(C)=O.CC(=O)OC[C@H]1OC(Oc2ccc(C(=O)CCCOCCOCCOCCN=[N+]=[N-])cc2OS(=O)(=O)Oc2ccc(CO)cc2)[C@H](C)[C@@H](C)[C@H]1OC(C)=O. The molecule has 108 heavy (non-hydrogen) atoms. The van der Waals surface area contributed by atoms with Gasteiger partial charge in [0, 0.05) is 117 Å². The molecule has 38 heteroatoms. The van der Waals surface area contributed by atoms with Crippen LogP contribution in [0.5, 0.6) is 34.5 Å². The number of ketones is 2. The summed E-state index contributed by atoms with van der Waals surface area (Å²) >= 11 is 3.33. The summed E-state index contributed by atoms with van der Waals surface area (Å²) in [6, 6.07) is 20.0. The number of Topliss-reactive ketones (excluding diaryl/α,β-unsaturated/α-hetero) is 2. The van der Waals surface area contributed by atoms with Crippen LogP contribution < -0.4 is 26.2 Å². The van der Waals surface area contributed by atoms with Crippen LogP contribution in [0.25, 0.3) is 20.9 Å². The topological polar surface area (TPSA) is 455 Å². The summed E-state index contributed by atoms with van der Waals surface area (Å²) < 4.78 is 152. The molecule has 2 saturated heterocycles. The monoisotopic (exact) mass is 1620 g/mol. The maximum Gasteiger partial charge on any atom is 0.501 e. The van der Waals surface area contributed by atoms with Crippen LogP contribution in [0.4, 0.5) is 0 Å². The zero-order valence-corrected chi connectivity index (χ0v) is 64.4. The van der Waals surface area contributed by atoms with Crippen LogP contribution in [-0.2, 0) is 109 Å². The van der Waals surface area contributed by atoms with E-state index in [1.165, 1.54) is 100 Å². The minimum Gasteiger partial charge on any atom is -0.463 e. The molecule has 2 aliphatic rings. The minimum absolute atomic E-state index is 0.00163. The lowest BCUT2D eigenvalue weighted by Crippen LogP contribution is -2.54. The summed E-state index contributed by atoms with van der Waals surface area (Å²) in [5.41, 5.74) is 18.2. The van der Waals surface area contributed by atoms with Gasteiger partial charge in [-0.25, -0.2) is 0 Å². The third-order valence-corrected chi connectivity index (χ3v) is 18.3. The van der Waals surface area contributed by atoms with Crippen molar-refractivity contribution in [3.63, 3.8) is 0 Å². The Morgan fingerprint density at radius 1 is 0.463 bits per heavy atom. The first-order valence-electron chi connectivity index (χ1n) is 34.4. The van der Waals surface area contributed by atoms with E-state index >= 15 is 0 Å². The van der Waals surface area contributed by atoms with Crippen molar-refractivity contribution in [2.24, 2.45) is 33.9 Å². The molecule has 2 fully saturated rings. The second-order valence-corrected chi connectivity index (χ2v) is 27.1. The molecule has 0 aromatic heterocycles. The Morgan fingerprint density at radius 2 is 0.815 bits per heavy atom. The Morgan fingerprint density at radius 3 is 1.15 bits per heavy atom. The number of halogens is 1. The number of carbonyl (C=O) groups is 6. The van der Waals surface area contributed by atoms with Crippen molar-refractivity contribution < 1.29 is 134 Å². The average molecular weight is 1630 g/mol. The molecule has 596 valence electrons. The van der Waals surface area contributed by atoms with Gasteiger partial charge in [-0.15, -0.1) is 16.8 Å². The number of hydrogen-bond donors (Lipinski definition) is 1. The Labute approximate surface area is 634 Å². The van der Waals surface area contributed by atoms with Gasteiger partial charge in [0.2, 0.25) is 12.6 Å². The van der Waals surface area contributed by atoms with E-state index in [-0.39, 0.29) is 128 Å². The van der Waals surface area contributed by atoms with E-state index in [0.717, 1.165) is 5.56 Å². The number of benzene rings is 4. The summed E-state index contributed by atoms with van der Waals surface area (Å²) in [6.07, 6.45) is -4.60. The Balaban J connectivity index is 0.000000387. The van der Waals surface area contributed by atoms with E-state index in [9.17, 15) is 50.7 Å². The van der Waals surface area contributed by atoms with Crippen molar-refractivity contribution in [1.82, 2.24) is 0 Å². The Kier molecular flexibility index (Phi) is 40.2. The molecule has 0 spiro atoms. The number of esters is 4. The number of hydrogen-bond acceptors (Lipinski definition) is 31. The van der Waals surface area contributed by atoms with Gasteiger partial charge in [0.15, 0.2) is 34.6 Å². The fourth-order valence-corrected chi connectivity index (χ4v) is 12.1. The van der Waals surface area contributed by atoms with E-state index in [1.54, 1.807) is 26.0 Å². The van der Waals surface area contributed by atoms with Crippen molar-refractivity contribution in [1.29, 1.82) is 0 Å². The normalized spacial score (nSPS) is 19.6. The van der Waals surface area contributed by atoms with Gasteiger partial charge in [-0.2, -0.15) is 0 Å². The highest BCUT2D eigenvalue weighted by atomic mass is 79.9. The first-order chi connectivity index (χ1) is 51.7. The van der Waals surface area contributed by atoms with Gasteiger partial charge in [0.25, 0.3) is 0 Å². The number of rotatable bonds is 48. The smallest absolute Gasteiger partial charge is 0.463 e. The minimum atomic E-state index is -4.80. The van der Waals surface area contributed by atoms with Gasteiger partial charge in [0.05, 0.1) is 72.7 Å². The fourth-order valence-electron chi connectivity index (χ4n) is 10.3. The molecule has 4 aromatic carbocycles. The van der Waals surface area contributed by atoms with Crippen molar-refractivity contribution >= 4 is 72.2 Å². The average Bonchev–Trinajstić information content (AvgIpc) is 0.796. The van der Waals surface area contributed by atoms with Crippen LogP contribution in [-0.4, -0.2) is 200 Å². The summed E-state index contributed by atoms with van der Waals surface area (Å²) in [5, 5.41) is 16.6. The number of nitrogens with zero attached hydrogens (tertiary/aromatic N) is 6. The first kappa shape index (κ1) is 90.2. The number of aliphatic hydroxyl groups is 1. The van der Waals surface area contributed by atoms with Crippen LogP contribution >= 0.6 is 15.9 Å². The molecule has 0 radical (unpaired) electrons. The number of carbonyl (C=O) groups excluding carboxylic acids is 6. The molecule has 2 unspecified atom stereocenters. The van der Waals surface area contributed by atoms with Gasteiger partial charge in [0.1, 0.15) is 49.1 Å². The largest absolute Gasteiger partial charge is 0.501 e. The third-order valence-electron chi connectivity index (χ3n) is 16.1. The molecule has 2 heterocycles. The molecule has 0 saturated carbocycles. The molecule has 0 aliphatic carbocycles. The standard InChI is InChI=1S/C35H46BrN3O14S.C35H47N3O15S/c1-23-24(2)35(51-33(22-48-25(3)40)34(23)49-26(4)41)50-31-12-9-28(20-32(31)53-54(43,44)52-29-10-7-27(21-36)8-11-29)30(42)6-5-14-45-16-18-47-19-17-46-15-13-38-39-37;1-23-24(2)35(51-33(22-48-25(3)40)34(23)49-26(4)41)50-31-12-9-28(20-32(31)53-54(43,44)52-29-10-7-27(21-39)8-11-29)30(42)6-5-14-45-16-18-47-19-17-46-15-13-37-38-36/h7-12,20,23-24,33-35H,5-6,13-19,21-22H2,1-4H3;7-12,20,23-24,33-35,39H,5-6,13-19,21-22H2,1-4H3/t2*23-,24-,33-,34-,35?/m11/s1. The maximum atomic E-state index is 13.2. The predicted molar refractivity (Wildman–Crippen MR) is 384 cm³/mol.